The number of imidazole rings is 1. The van der Waals surface area contributed by atoms with Crippen molar-refractivity contribution in [2.45, 2.75) is 51.1 Å². The topological polar surface area (TPSA) is 102 Å². The third-order valence-electron chi connectivity index (χ3n) is 7.67. The summed E-state index contributed by atoms with van der Waals surface area (Å²) in [6.07, 6.45) is 2.98. The van der Waals surface area contributed by atoms with E-state index in [4.69, 9.17) is 26.1 Å². The molecule has 2 aromatic carbocycles. The molecule has 0 aliphatic carbocycles. The van der Waals surface area contributed by atoms with Crippen molar-refractivity contribution in [3.05, 3.63) is 82.4 Å². The van der Waals surface area contributed by atoms with Crippen LogP contribution in [-0.4, -0.2) is 62.4 Å². The minimum Gasteiger partial charge on any atom is -0.478 e. The summed E-state index contributed by atoms with van der Waals surface area (Å²) in [7, 11) is 0. The molecule has 1 atom stereocenters. The van der Waals surface area contributed by atoms with Gasteiger partial charge in [-0.2, -0.15) is 4.98 Å². The highest BCUT2D eigenvalue weighted by molar-refractivity contribution is 6.30. The number of carboxylic acid groups (broad SMARTS) is 1. The second kappa shape index (κ2) is 12.0. The number of nitrogens with one attached hydrogen (secondary N) is 1. The van der Waals surface area contributed by atoms with Crippen LogP contribution in [0.2, 0.25) is 5.02 Å². The van der Waals surface area contributed by atoms with Crippen molar-refractivity contribution in [2.24, 2.45) is 0 Å². The second-order valence-corrected chi connectivity index (χ2v) is 10.9. The molecule has 0 spiro atoms. The first-order valence-electron chi connectivity index (χ1n) is 13.8. The number of nitrogens with zero attached hydrogens (tertiary/aromatic N) is 4. The second-order valence-electron chi connectivity index (χ2n) is 10.5. The number of hydrogen-bond donors (Lipinski definition) is 2. The fourth-order valence-corrected chi connectivity index (χ4v) is 5.43. The first-order valence-corrected chi connectivity index (χ1v) is 14.2. The predicted molar refractivity (Wildman–Crippen MR) is 153 cm³/mol. The van der Waals surface area contributed by atoms with Crippen molar-refractivity contribution < 1.29 is 23.8 Å². The Kier molecular flexibility index (Phi) is 8.04. The van der Waals surface area contributed by atoms with Crippen molar-refractivity contribution in [2.75, 3.05) is 25.0 Å². The average Bonchev–Trinajstić information content (AvgIpc) is 3.27. The van der Waals surface area contributed by atoms with Crippen molar-refractivity contribution >= 4 is 34.4 Å². The van der Waals surface area contributed by atoms with Crippen LogP contribution < -0.4 is 10.1 Å². The molecular weight excluding hydrogens is 549 g/mol. The standard InChI is InChI=1S/C30H31ClFN5O4/c31-21-6-4-20(24(32)15-21)18-41-29-3-1-2-27(35-29)33-22-8-11-36(12-9-22)17-28-34-25-7-5-19(30(38)39)14-26(25)37(28)16-23-10-13-40-23/h1-7,14-15,22-23H,8-13,16-18H2,(H,33,35)(H,38,39)/t23-/m0/s1. The van der Waals surface area contributed by atoms with Gasteiger partial charge in [-0.05, 0) is 55.7 Å². The van der Waals surface area contributed by atoms with E-state index in [1.54, 1.807) is 36.4 Å². The SMILES string of the molecule is O=C(O)c1ccc2nc(CN3CCC(Nc4cccc(OCc5ccc(Cl)cc5F)n4)CC3)n(C[C@@H]3CCO3)c2c1. The molecule has 2 aliphatic heterocycles. The Morgan fingerprint density at radius 2 is 1.95 bits per heavy atom. The molecule has 0 unspecified atom stereocenters. The van der Waals surface area contributed by atoms with E-state index in [0.29, 0.717) is 35.4 Å². The van der Waals surface area contributed by atoms with E-state index < -0.39 is 11.8 Å². The summed E-state index contributed by atoms with van der Waals surface area (Å²) in [5.74, 6) is 0.706. The van der Waals surface area contributed by atoms with Crippen LogP contribution in [0.1, 0.15) is 41.0 Å². The zero-order valence-corrected chi connectivity index (χ0v) is 23.2. The van der Waals surface area contributed by atoms with Gasteiger partial charge in [-0.3, -0.25) is 4.90 Å². The monoisotopic (exact) mass is 579 g/mol. The van der Waals surface area contributed by atoms with Gasteiger partial charge in [0.05, 0.1) is 35.8 Å². The number of piperidine rings is 1. The number of ether oxygens (including phenoxy) is 2. The molecule has 0 saturated carbocycles. The van der Waals surface area contributed by atoms with Crippen LogP contribution >= 0.6 is 11.6 Å². The predicted octanol–water partition coefficient (Wildman–Crippen LogP) is 5.37. The molecule has 2 saturated heterocycles. The molecule has 0 radical (unpaired) electrons. The van der Waals surface area contributed by atoms with Gasteiger partial charge in [0, 0.05) is 42.4 Å². The Hall–Kier alpha value is -3.73. The average molecular weight is 580 g/mol. The van der Waals surface area contributed by atoms with Crippen LogP contribution in [0.5, 0.6) is 5.88 Å². The smallest absolute Gasteiger partial charge is 0.335 e. The highest BCUT2D eigenvalue weighted by atomic mass is 35.5. The summed E-state index contributed by atoms with van der Waals surface area (Å²) >= 11 is 5.83. The van der Waals surface area contributed by atoms with E-state index in [1.807, 2.05) is 12.1 Å². The van der Waals surface area contributed by atoms with E-state index in [-0.39, 0.29) is 24.3 Å². The molecule has 2 N–H and O–H groups in total. The molecule has 0 bridgehead atoms. The maximum atomic E-state index is 14.1. The zero-order chi connectivity index (χ0) is 28.3. The quantitative estimate of drug-likeness (QED) is 0.259. The van der Waals surface area contributed by atoms with Crippen molar-refractivity contribution in [3.63, 3.8) is 0 Å². The minimum atomic E-state index is -0.947. The lowest BCUT2D eigenvalue weighted by atomic mass is 10.1. The number of benzene rings is 2. The van der Waals surface area contributed by atoms with Crippen LogP contribution in [0.15, 0.2) is 54.6 Å². The van der Waals surface area contributed by atoms with Gasteiger partial charge in [0.25, 0.3) is 0 Å². The molecule has 6 rings (SSSR count). The third kappa shape index (κ3) is 6.45. The van der Waals surface area contributed by atoms with Crippen molar-refractivity contribution in [3.8, 4) is 5.88 Å². The fourth-order valence-electron chi connectivity index (χ4n) is 5.27. The lowest BCUT2D eigenvalue weighted by molar-refractivity contribution is -0.0592. The fraction of sp³-hybridized carbons (Fsp3) is 0.367. The summed E-state index contributed by atoms with van der Waals surface area (Å²) in [4.78, 5) is 23.4. The lowest BCUT2D eigenvalue weighted by Crippen LogP contribution is -2.39. The number of carboxylic acids is 1. The summed E-state index contributed by atoms with van der Waals surface area (Å²) < 4.78 is 27.6. The summed E-state index contributed by atoms with van der Waals surface area (Å²) in [6, 6.07) is 15.4. The number of anilines is 1. The molecule has 4 aromatic rings. The molecule has 41 heavy (non-hydrogen) atoms. The number of aromatic nitrogens is 3. The number of hydrogen-bond acceptors (Lipinski definition) is 7. The molecule has 11 heteroatoms. The van der Waals surface area contributed by atoms with Gasteiger partial charge in [-0.15, -0.1) is 0 Å². The van der Waals surface area contributed by atoms with Crippen LogP contribution in [0.25, 0.3) is 11.0 Å². The Morgan fingerprint density at radius 1 is 1.12 bits per heavy atom. The highest BCUT2D eigenvalue weighted by Crippen LogP contribution is 2.25. The van der Waals surface area contributed by atoms with Crippen molar-refractivity contribution in [1.82, 2.24) is 19.4 Å². The van der Waals surface area contributed by atoms with Crippen molar-refractivity contribution in [1.29, 1.82) is 0 Å². The number of aromatic carboxylic acids is 1. The maximum absolute atomic E-state index is 14.1. The Balaban J connectivity index is 1.06. The number of carbonyl (C=O) groups is 1. The number of halogens is 2. The van der Waals surface area contributed by atoms with Crippen LogP contribution in [0.4, 0.5) is 10.2 Å². The number of rotatable bonds is 10. The van der Waals surface area contributed by atoms with Crippen LogP contribution in [0, 0.1) is 5.82 Å². The summed E-state index contributed by atoms with van der Waals surface area (Å²) in [5.41, 5.74) is 2.30. The number of likely N-dealkylation sites (tertiary alicyclic amines) is 1. The largest absolute Gasteiger partial charge is 0.478 e. The Bertz CT molecular complexity index is 1550. The Morgan fingerprint density at radius 3 is 2.68 bits per heavy atom. The van der Waals surface area contributed by atoms with E-state index in [9.17, 15) is 14.3 Å². The first-order chi connectivity index (χ1) is 19.9. The first kappa shape index (κ1) is 27.4. The van der Waals surface area contributed by atoms with Gasteiger partial charge in [0.1, 0.15) is 24.1 Å². The van der Waals surface area contributed by atoms with Gasteiger partial charge in [0.2, 0.25) is 5.88 Å². The zero-order valence-electron chi connectivity index (χ0n) is 22.4. The minimum absolute atomic E-state index is 0.0626. The van der Waals surface area contributed by atoms with E-state index >= 15 is 0 Å². The normalized spacial score (nSPS) is 17.9. The maximum Gasteiger partial charge on any atom is 0.335 e. The van der Waals surface area contributed by atoms with E-state index in [1.165, 1.54) is 6.07 Å². The van der Waals surface area contributed by atoms with Gasteiger partial charge < -0.3 is 24.5 Å². The number of pyridine rings is 1. The van der Waals surface area contributed by atoms with E-state index in [2.05, 4.69) is 19.8 Å². The third-order valence-corrected chi connectivity index (χ3v) is 7.91. The van der Waals surface area contributed by atoms with Crippen LogP contribution in [0.3, 0.4) is 0 Å². The highest BCUT2D eigenvalue weighted by Gasteiger charge is 2.25. The molecule has 2 aromatic heterocycles. The molecule has 2 aliphatic rings. The lowest BCUT2D eigenvalue weighted by Gasteiger charge is -2.33. The van der Waals surface area contributed by atoms with Gasteiger partial charge in [-0.1, -0.05) is 23.7 Å². The van der Waals surface area contributed by atoms with Gasteiger partial charge in [0.15, 0.2) is 0 Å². The summed E-state index contributed by atoms with van der Waals surface area (Å²) in [5, 5.41) is 13.3. The summed E-state index contributed by atoms with van der Waals surface area (Å²) in [6.45, 7) is 3.94. The molecule has 4 heterocycles. The Labute approximate surface area is 241 Å². The van der Waals surface area contributed by atoms with Gasteiger partial charge in [-0.25, -0.2) is 14.2 Å². The van der Waals surface area contributed by atoms with Crippen LogP contribution in [-0.2, 0) is 24.4 Å². The van der Waals surface area contributed by atoms with E-state index in [0.717, 1.165) is 55.8 Å². The molecule has 9 nitrogen and oxygen atoms in total. The molecule has 2 fully saturated rings. The molecular formula is C30H31ClFN5O4. The number of fused-ring (bicyclic) bond motifs is 1. The molecule has 214 valence electrons. The van der Waals surface area contributed by atoms with Gasteiger partial charge >= 0.3 is 5.97 Å². The molecule has 0 amide bonds.